The summed E-state index contributed by atoms with van der Waals surface area (Å²) in [5.74, 6) is 0. The van der Waals surface area contributed by atoms with E-state index in [1.165, 1.54) is 22.5 Å². The number of nitrogens with zero attached hydrogens (tertiary/aromatic N) is 1. The summed E-state index contributed by atoms with van der Waals surface area (Å²) in [7, 11) is -3.64. The van der Waals surface area contributed by atoms with Crippen LogP contribution in [0.15, 0.2) is 23.1 Å². The van der Waals surface area contributed by atoms with E-state index in [0.29, 0.717) is 18.0 Å². The number of halogens is 1. The predicted molar refractivity (Wildman–Crippen MR) is 79.1 cm³/mol. The van der Waals surface area contributed by atoms with E-state index in [9.17, 15) is 8.42 Å². The van der Waals surface area contributed by atoms with Crippen molar-refractivity contribution in [1.82, 2.24) is 4.31 Å². The smallest absolute Gasteiger partial charge is 0.245 e. The van der Waals surface area contributed by atoms with Crippen LogP contribution in [-0.4, -0.2) is 37.0 Å². The lowest BCUT2D eigenvalue weighted by atomic mass is 10.0. The minimum atomic E-state index is -3.64. The van der Waals surface area contributed by atoms with Gasteiger partial charge in [-0.25, -0.2) is 8.42 Å². The molecule has 7 heteroatoms. The number of benzene rings is 1. The molecule has 0 amide bonds. The molecule has 1 saturated heterocycles. The topological polar surface area (TPSA) is 83.6 Å². The Bertz CT molecular complexity index is 575. The first kappa shape index (κ1) is 15.6. The molecule has 0 spiro atoms. The summed E-state index contributed by atoms with van der Waals surface area (Å²) < 4.78 is 26.9. The monoisotopic (exact) mass is 318 g/mol. The molecule has 1 atom stereocenters. The van der Waals surface area contributed by atoms with E-state index in [1.54, 1.807) is 0 Å². The first-order valence-electron chi connectivity index (χ1n) is 6.64. The zero-order valence-corrected chi connectivity index (χ0v) is 12.7. The Morgan fingerprint density at radius 1 is 1.40 bits per heavy atom. The molecule has 1 heterocycles. The van der Waals surface area contributed by atoms with Gasteiger partial charge < -0.3 is 10.8 Å². The SMILES string of the molecule is Nc1cc(Cl)ccc1S(=O)(=O)N1CCCCC1CCO. The van der Waals surface area contributed by atoms with Gasteiger partial charge in [-0.3, -0.25) is 0 Å². The molecule has 2 rings (SSSR count). The van der Waals surface area contributed by atoms with Crippen molar-refractivity contribution in [2.24, 2.45) is 0 Å². The normalized spacial score (nSPS) is 21.0. The summed E-state index contributed by atoms with van der Waals surface area (Å²) in [4.78, 5) is 0.0896. The standard InChI is InChI=1S/C13H19ClN2O3S/c14-10-4-5-13(12(15)9-10)20(18,19)16-7-2-1-3-11(16)6-8-17/h4-5,9,11,17H,1-3,6-8,15H2. The number of sulfonamides is 1. The summed E-state index contributed by atoms with van der Waals surface area (Å²) in [6.07, 6.45) is 3.03. The molecule has 1 unspecified atom stereocenters. The first-order chi connectivity index (χ1) is 9.46. The molecular weight excluding hydrogens is 300 g/mol. The maximum atomic E-state index is 12.7. The second-order valence-corrected chi connectivity index (χ2v) is 7.26. The maximum absolute atomic E-state index is 12.7. The van der Waals surface area contributed by atoms with Crippen LogP contribution in [0.4, 0.5) is 5.69 Å². The number of nitrogen functional groups attached to an aromatic ring is 1. The number of nitrogens with two attached hydrogens (primary N) is 1. The van der Waals surface area contributed by atoms with Gasteiger partial charge in [0, 0.05) is 24.2 Å². The number of anilines is 1. The second-order valence-electron chi connectivity index (χ2n) is 4.96. The molecule has 3 N–H and O–H groups in total. The zero-order chi connectivity index (χ0) is 14.8. The lowest BCUT2D eigenvalue weighted by molar-refractivity contribution is 0.192. The summed E-state index contributed by atoms with van der Waals surface area (Å²) >= 11 is 5.81. The van der Waals surface area contributed by atoms with Gasteiger partial charge in [-0.2, -0.15) is 4.31 Å². The summed E-state index contributed by atoms with van der Waals surface area (Å²) in [6.45, 7) is 0.446. The molecule has 1 aromatic rings. The Balaban J connectivity index is 2.37. The van der Waals surface area contributed by atoms with Crippen molar-refractivity contribution >= 4 is 27.3 Å². The van der Waals surface area contributed by atoms with Gasteiger partial charge >= 0.3 is 0 Å². The van der Waals surface area contributed by atoms with Crippen LogP contribution >= 0.6 is 11.6 Å². The van der Waals surface area contributed by atoms with Gasteiger partial charge in [0.05, 0.1) is 5.69 Å². The predicted octanol–water partition coefficient (Wildman–Crippen LogP) is 1.85. The lowest BCUT2D eigenvalue weighted by Gasteiger charge is -2.34. The van der Waals surface area contributed by atoms with E-state index in [0.717, 1.165) is 19.3 Å². The Kier molecular flexibility index (Phi) is 4.90. The Labute approximate surface area is 124 Å². The van der Waals surface area contributed by atoms with Gasteiger partial charge in [-0.1, -0.05) is 18.0 Å². The molecule has 1 aromatic carbocycles. The van der Waals surface area contributed by atoms with Crippen molar-refractivity contribution < 1.29 is 13.5 Å². The van der Waals surface area contributed by atoms with Crippen molar-refractivity contribution in [2.45, 2.75) is 36.6 Å². The largest absolute Gasteiger partial charge is 0.398 e. The van der Waals surface area contributed by atoms with Crippen LogP contribution in [0.5, 0.6) is 0 Å². The van der Waals surface area contributed by atoms with Gasteiger partial charge in [0.1, 0.15) is 4.90 Å². The summed E-state index contributed by atoms with van der Waals surface area (Å²) in [5.41, 5.74) is 5.95. The average molecular weight is 319 g/mol. The van der Waals surface area contributed by atoms with Crippen LogP contribution in [0.1, 0.15) is 25.7 Å². The molecule has 1 aliphatic rings. The van der Waals surface area contributed by atoms with Gasteiger partial charge in [0.25, 0.3) is 0 Å². The van der Waals surface area contributed by atoms with E-state index in [4.69, 9.17) is 22.4 Å². The Hall–Kier alpha value is -0.820. The number of aliphatic hydroxyl groups is 1. The molecule has 20 heavy (non-hydrogen) atoms. The minimum Gasteiger partial charge on any atom is -0.398 e. The van der Waals surface area contributed by atoms with Crippen LogP contribution in [0.3, 0.4) is 0 Å². The third-order valence-corrected chi connectivity index (χ3v) is 5.85. The van der Waals surface area contributed by atoms with Crippen molar-refractivity contribution in [3.63, 3.8) is 0 Å². The average Bonchev–Trinajstić information content (AvgIpc) is 2.39. The highest BCUT2D eigenvalue weighted by molar-refractivity contribution is 7.89. The van der Waals surface area contributed by atoms with Gasteiger partial charge in [0.15, 0.2) is 0 Å². The van der Waals surface area contributed by atoms with Gasteiger partial charge in [-0.15, -0.1) is 0 Å². The number of aliphatic hydroxyl groups excluding tert-OH is 1. The molecular formula is C13H19ClN2O3S. The van der Waals surface area contributed by atoms with Crippen LogP contribution in [-0.2, 0) is 10.0 Å². The number of rotatable bonds is 4. The zero-order valence-electron chi connectivity index (χ0n) is 11.1. The minimum absolute atomic E-state index is 0.0210. The van der Waals surface area contributed by atoms with E-state index in [1.807, 2.05) is 0 Å². The molecule has 0 aromatic heterocycles. The van der Waals surface area contributed by atoms with Crippen molar-refractivity contribution in [2.75, 3.05) is 18.9 Å². The van der Waals surface area contributed by atoms with Crippen LogP contribution < -0.4 is 5.73 Å². The molecule has 0 bridgehead atoms. The van der Waals surface area contributed by atoms with Crippen molar-refractivity contribution in [3.8, 4) is 0 Å². The third-order valence-electron chi connectivity index (χ3n) is 3.59. The molecule has 0 radical (unpaired) electrons. The van der Waals surface area contributed by atoms with Crippen LogP contribution in [0.25, 0.3) is 0 Å². The summed E-state index contributed by atoms with van der Waals surface area (Å²) in [6, 6.07) is 4.25. The maximum Gasteiger partial charge on any atom is 0.245 e. The fourth-order valence-electron chi connectivity index (χ4n) is 2.61. The number of hydrogen-bond acceptors (Lipinski definition) is 4. The number of piperidine rings is 1. The van der Waals surface area contributed by atoms with Gasteiger partial charge in [0.2, 0.25) is 10.0 Å². The highest BCUT2D eigenvalue weighted by Crippen LogP contribution is 2.30. The molecule has 0 aliphatic carbocycles. The molecule has 1 aliphatic heterocycles. The van der Waals surface area contributed by atoms with Crippen LogP contribution in [0.2, 0.25) is 5.02 Å². The molecule has 1 fully saturated rings. The molecule has 0 saturated carbocycles. The fraction of sp³-hybridized carbons (Fsp3) is 0.538. The fourth-order valence-corrected chi connectivity index (χ4v) is 4.61. The third kappa shape index (κ3) is 3.09. The highest BCUT2D eigenvalue weighted by Gasteiger charge is 2.34. The van der Waals surface area contributed by atoms with E-state index in [2.05, 4.69) is 0 Å². The lowest BCUT2D eigenvalue weighted by Crippen LogP contribution is -2.44. The quantitative estimate of drug-likeness (QED) is 0.830. The van der Waals surface area contributed by atoms with E-state index < -0.39 is 10.0 Å². The number of hydrogen-bond donors (Lipinski definition) is 2. The van der Waals surface area contributed by atoms with E-state index >= 15 is 0 Å². The van der Waals surface area contributed by atoms with Crippen molar-refractivity contribution in [1.29, 1.82) is 0 Å². The Morgan fingerprint density at radius 2 is 2.15 bits per heavy atom. The first-order valence-corrected chi connectivity index (χ1v) is 8.46. The van der Waals surface area contributed by atoms with Crippen molar-refractivity contribution in [3.05, 3.63) is 23.2 Å². The second kappa shape index (κ2) is 6.30. The Morgan fingerprint density at radius 3 is 2.80 bits per heavy atom. The van der Waals surface area contributed by atoms with Crippen LogP contribution in [0, 0.1) is 0 Å². The molecule has 5 nitrogen and oxygen atoms in total. The highest BCUT2D eigenvalue weighted by atomic mass is 35.5. The van der Waals surface area contributed by atoms with Gasteiger partial charge in [-0.05, 0) is 37.5 Å². The molecule has 112 valence electrons. The van der Waals surface area contributed by atoms with E-state index in [-0.39, 0.29) is 23.2 Å². The summed E-state index contributed by atoms with van der Waals surface area (Å²) in [5, 5.41) is 9.51.